The molecule has 0 aliphatic carbocycles. The number of carbonyl (C=O) groups excluding carboxylic acids is 1. The Bertz CT molecular complexity index is 961. The molecule has 1 fully saturated rings. The first-order chi connectivity index (χ1) is 14.0. The Morgan fingerprint density at radius 1 is 1.03 bits per heavy atom. The molecule has 2 aliphatic rings. The number of allylic oxidation sites excluding steroid dienone is 1. The number of likely N-dealkylation sites (tertiary alicyclic amines) is 1. The van der Waals surface area contributed by atoms with Gasteiger partial charge in [0.05, 0.1) is 21.8 Å². The maximum Gasteiger partial charge on any atom is 0.254 e. The van der Waals surface area contributed by atoms with Crippen LogP contribution in [0.3, 0.4) is 0 Å². The number of anilines is 1. The summed E-state index contributed by atoms with van der Waals surface area (Å²) in [6, 6.07) is 5.01. The van der Waals surface area contributed by atoms with Gasteiger partial charge in [0.25, 0.3) is 5.91 Å². The molecule has 2 aliphatic heterocycles. The third kappa shape index (κ3) is 4.00. The molecule has 1 N–H and O–H groups in total. The summed E-state index contributed by atoms with van der Waals surface area (Å²) in [7, 11) is 0. The van der Waals surface area contributed by atoms with E-state index in [1.807, 2.05) is 17.9 Å². The van der Waals surface area contributed by atoms with Gasteiger partial charge in [-0.2, -0.15) is 5.10 Å². The molecule has 154 valence electrons. The van der Waals surface area contributed by atoms with E-state index < -0.39 is 6.04 Å². The van der Waals surface area contributed by atoms with E-state index in [1.54, 1.807) is 23.0 Å². The number of hydrogen-bond donors (Lipinski definition) is 1. The molecule has 4 rings (SSSR count). The quantitative estimate of drug-likeness (QED) is 0.613. The maximum atomic E-state index is 13.7. The molecule has 1 saturated heterocycles. The summed E-state index contributed by atoms with van der Waals surface area (Å²) in [4.78, 5) is 15.6. The third-order valence-electron chi connectivity index (χ3n) is 5.61. The molecular weight excluding hydrogens is 431 g/mol. The number of carbonyl (C=O) groups is 1. The van der Waals surface area contributed by atoms with Crippen LogP contribution in [0.5, 0.6) is 0 Å². The summed E-state index contributed by atoms with van der Waals surface area (Å²) in [5, 5.41) is 9.15. The smallest absolute Gasteiger partial charge is 0.254 e. The number of nitrogens with one attached hydrogen (secondary N) is 1. The number of rotatable bonds is 2. The summed E-state index contributed by atoms with van der Waals surface area (Å²) in [6.07, 6.45) is 7.21. The topological polar surface area (TPSA) is 50.2 Å². The van der Waals surface area contributed by atoms with Gasteiger partial charge < -0.3 is 10.2 Å². The largest absolute Gasteiger partial charge is 0.342 e. The first-order valence-corrected chi connectivity index (χ1v) is 11.1. The average Bonchev–Trinajstić information content (AvgIpc) is 3.03. The monoisotopic (exact) mass is 452 g/mol. The van der Waals surface area contributed by atoms with Crippen molar-refractivity contribution in [3.63, 3.8) is 0 Å². The number of halogens is 3. The minimum atomic E-state index is -0.425. The van der Waals surface area contributed by atoms with Crippen LogP contribution in [0.1, 0.15) is 50.6 Å². The lowest BCUT2D eigenvalue weighted by molar-refractivity contribution is -0.128. The molecule has 0 spiro atoms. The Morgan fingerprint density at radius 2 is 1.72 bits per heavy atom. The van der Waals surface area contributed by atoms with Gasteiger partial charge in [0.2, 0.25) is 0 Å². The van der Waals surface area contributed by atoms with Crippen LogP contribution in [0.15, 0.2) is 35.7 Å². The van der Waals surface area contributed by atoms with Gasteiger partial charge in [-0.1, -0.05) is 60.1 Å². The van der Waals surface area contributed by atoms with Gasteiger partial charge in [-0.15, -0.1) is 0 Å². The van der Waals surface area contributed by atoms with Crippen molar-refractivity contribution in [2.24, 2.45) is 0 Å². The third-order valence-corrected chi connectivity index (χ3v) is 6.63. The van der Waals surface area contributed by atoms with Gasteiger partial charge in [-0.25, -0.2) is 4.68 Å². The number of benzene rings is 1. The molecule has 29 heavy (non-hydrogen) atoms. The highest BCUT2D eigenvalue weighted by Gasteiger charge is 2.36. The minimum absolute atomic E-state index is 0.0326. The Labute approximate surface area is 185 Å². The summed E-state index contributed by atoms with van der Waals surface area (Å²) in [6.45, 7) is 3.46. The normalized spacial score (nSPS) is 20.0. The van der Waals surface area contributed by atoms with Gasteiger partial charge in [-0.3, -0.25) is 4.79 Å². The first kappa shape index (κ1) is 20.6. The first-order valence-electron chi connectivity index (χ1n) is 9.92. The van der Waals surface area contributed by atoms with Crippen molar-refractivity contribution in [1.29, 1.82) is 0 Å². The van der Waals surface area contributed by atoms with E-state index >= 15 is 0 Å². The Morgan fingerprint density at radius 3 is 2.41 bits per heavy atom. The highest BCUT2D eigenvalue weighted by molar-refractivity contribution is 6.42. The molecule has 2 aromatic rings. The zero-order chi connectivity index (χ0) is 20.5. The van der Waals surface area contributed by atoms with Crippen LogP contribution in [0.25, 0.3) is 0 Å². The van der Waals surface area contributed by atoms with Crippen molar-refractivity contribution < 1.29 is 4.79 Å². The van der Waals surface area contributed by atoms with Crippen LogP contribution in [-0.2, 0) is 4.79 Å². The van der Waals surface area contributed by atoms with Crippen molar-refractivity contribution >= 4 is 46.5 Å². The summed E-state index contributed by atoms with van der Waals surface area (Å²) >= 11 is 18.8. The molecule has 1 aromatic heterocycles. The lowest BCUT2D eigenvalue weighted by Crippen LogP contribution is -2.39. The van der Waals surface area contributed by atoms with Crippen molar-refractivity contribution in [2.45, 2.75) is 45.1 Å². The Balaban J connectivity index is 1.78. The Hall–Kier alpha value is -1.69. The zero-order valence-corrected chi connectivity index (χ0v) is 18.5. The highest BCUT2D eigenvalue weighted by Crippen LogP contribution is 2.40. The number of nitrogens with zero attached hydrogens (tertiary/aromatic N) is 3. The molecule has 1 unspecified atom stereocenters. The second-order valence-electron chi connectivity index (χ2n) is 7.59. The molecule has 1 aromatic carbocycles. The lowest BCUT2D eigenvalue weighted by Gasteiger charge is -2.34. The van der Waals surface area contributed by atoms with Crippen LogP contribution in [-0.4, -0.2) is 33.7 Å². The molecule has 5 nitrogen and oxygen atoms in total. The summed E-state index contributed by atoms with van der Waals surface area (Å²) < 4.78 is 1.76. The Kier molecular flexibility index (Phi) is 6.09. The van der Waals surface area contributed by atoms with Gasteiger partial charge in [0.1, 0.15) is 16.9 Å². The SMILES string of the molecule is CC1=C(C(=O)N2CCCCCCC2)C(c2ccc(Cl)c(Cl)c2)n2ncc(Cl)c2N1. The highest BCUT2D eigenvalue weighted by atomic mass is 35.5. The number of amides is 1. The maximum absolute atomic E-state index is 13.7. The van der Waals surface area contributed by atoms with Gasteiger partial charge in [0.15, 0.2) is 0 Å². The fourth-order valence-electron chi connectivity index (χ4n) is 4.11. The molecule has 8 heteroatoms. The van der Waals surface area contributed by atoms with E-state index in [0.717, 1.165) is 50.0 Å². The molecule has 3 heterocycles. The second kappa shape index (κ2) is 8.58. The number of hydrogen-bond acceptors (Lipinski definition) is 3. The van der Waals surface area contributed by atoms with Crippen LogP contribution >= 0.6 is 34.8 Å². The van der Waals surface area contributed by atoms with Crippen LogP contribution in [0.2, 0.25) is 15.1 Å². The fraction of sp³-hybridized carbons (Fsp3) is 0.429. The summed E-state index contributed by atoms with van der Waals surface area (Å²) in [5.41, 5.74) is 2.29. The summed E-state index contributed by atoms with van der Waals surface area (Å²) in [5.74, 6) is 0.703. The molecule has 0 bridgehead atoms. The van der Waals surface area contributed by atoms with E-state index in [4.69, 9.17) is 34.8 Å². The molecule has 0 radical (unpaired) electrons. The van der Waals surface area contributed by atoms with E-state index in [2.05, 4.69) is 10.4 Å². The van der Waals surface area contributed by atoms with Crippen LogP contribution in [0, 0.1) is 0 Å². The van der Waals surface area contributed by atoms with Gasteiger partial charge in [0, 0.05) is 18.8 Å². The lowest BCUT2D eigenvalue weighted by atomic mass is 9.94. The predicted molar refractivity (Wildman–Crippen MR) is 118 cm³/mol. The van der Waals surface area contributed by atoms with Gasteiger partial charge >= 0.3 is 0 Å². The van der Waals surface area contributed by atoms with Crippen molar-refractivity contribution in [2.75, 3.05) is 18.4 Å². The fourth-order valence-corrected chi connectivity index (χ4v) is 4.60. The molecule has 1 amide bonds. The molecule has 1 atom stereocenters. The van der Waals surface area contributed by atoms with Crippen molar-refractivity contribution in [3.8, 4) is 0 Å². The number of aromatic nitrogens is 2. The van der Waals surface area contributed by atoms with E-state index in [-0.39, 0.29) is 5.91 Å². The molecular formula is C21H23Cl3N4O. The molecule has 0 saturated carbocycles. The van der Waals surface area contributed by atoms with E-state index in [9.17, 15) is 4.79 Å². The predicted octanol–water partition coefficient (Wildman–Crippen LogP) is 5.92. The van der Waals surface area contributed by atoms with E-state index in [0.29, 0.717) is 26.5 Å². The average molecular weight is 454 g/mol. The second-order valence-corrected chi connectivity index (χ2v) is 8.81. The van der Waals surface area contributed by atoms with Crippen LogP contribution < -0.4 is 5.32 Å². The van der Waals surface area contributed by atoms with Crippen LogP contribution in [0.4, 0.5) is 5.82 Å². The standard InChI is InChI=1S/C21H23Cl3N4O/c1-13-18(21(29)27-9-5-3-2-4-6-10-27)19(14-7-8-15(22)16(23)11-14)28-20(26-13)17(24)12-25-28/h7-8,11-12,19,26H,2-6,9-10H2,1H3. The van der Waals surface area contributed by atoms with Gasteiger partial charge in [-0.05, 0) is 37.5 Å². The van der Waals surface area contributed by atoms with E-state index in [1.165, 1.54) is 6.42 Å². The zero-order valence-electron chi connectivity index (χ0n) is 16.2. The van der Waals surface area contributed by atoms with Crippen molar-refractivity contribution in [3.05, 3.63) is 56.3 Å². The van der Waals surface area contributed by atoms with Crippen molar-refractivity contribution in [1.82, 2.24) is 14.7 Å². The minimum Gasteiger partial charge on any atom is -0.342 e. The number of fused-ring (bicyclic) bond motifs is 1.